The molecule has 0 aliphatic rings. The van der Waals surface area contributed by atoms with E-state index >= 15 is 0 Å². The average Bonchev–Trinajstić information content (AvgIpc) is 3.31. The number of thiazole rings is 1. The zero-order valence-electron chi connectivity index (χ0n) is 11.9. The van der Waals surface area contributed by atoms with E-state index in [1.54, 1.807) is 24.0 Å². The van der Waals surface area contributed by atoms with E-state index in [0.717, 1.165) is 21.6 Å². The molecular weight excluding hydrogens is 314 g/mol. The number of H-pyrrole nitrogens is 1. The molecule has 1 aromatic carbocycles. The highest BCUT2D eigenvalue weighted by atomic mass is 32.1. The Labute approximate surface area is 134 Å². The van der Waals surface area contributed by atoms with Crippen molar-refractivity contribution in [3.63, 3.8) is 0 Å². The first-order valence-corrected chi connectivity index (χ1v) is 7.76. The number of ether oxygens (including phenoxy) is 1. The van der Waals surface area contributed by atoms with E-state index in [2.05, 4.69) is 15.0 Å². The van der Waals surface area contributed by atoms with Gasteiger partial charge < -0.3 is 14.1 Å². The average molecular weight is 325 g/mol. The van der Waals surface area contributed by atoms with Gasteiger partial charge in [0, 0.05) is 10.9 Å². The molecule has 0 radical (unpaired) electrons. The van der Waals surface area contributed by atoms with E-state index in [9.17, 15) is 4.79 Å². The number of aromatic amines is 1. The molecule has 114 valence electrons. The van der Waals surface area contributed by atoms with Gasteiger partial charge in [-0.2, -0.15) is 0 Å². The third kappa shape index (κ3) is 2.74. The largest absolute Gasteiger partial charge is 0.472 e. The van der Waals surface area contributed by atoms with Gasteiger partial charge >= 0.3 is 5.97 Å². The molecule has 0 bridgehead atoms. The Morgan fingerprint density at radius 3 is 3.00 bits per heavy atom. The van der Waals surface area contributed by atoms with Crippen LogP contribution < -0.4 is 0 Å². The highest BCUT2D eigenvalue weighted by Crippen LogP contribution is 2.24. The molecule has 0 saturated heterocycles. The molecule has 0 amide bonds. The molecule has 0 saturated carbocycles. The number of para-hydroxylation sites is 2. The molecule has 23 heavy (non-hydrogen) atoms. The number of carbonyl (C=O) groups is 1. The number of esters is 1. The molecule has 4 aromatic rings. The molecule has 0 atom stereocenters. The number of rotatable bonds is 4. The van der Waals surface area contributed by atoms with Crippen molar-refractivity contribution in [2.75, 3.05) is 0 Å². The van der Waals surface area contributed by atoms with Crippen LogP contribution in [0.3, 0.4) is 0 Å². The van der Waals surface area contributed by atoms with Crippen molar-refractivity contribution in [1.82, 2.24) is 15.0 Å². The van der Waals surface area contributed by atoms with E-state index in [1.807, 2.05) is 24.3 Å². The van der Waals surface area contributed by atoms with Gasteiger partial charge in [-0.15, -0.1) is 11.3 Å². The van der Waals surface area contributed by atoms with Crippen LogP contribution >= 0.6 is 11.3 Å². The monoisotopic (exact) mass is 325 g/mol. The van der Waals surface area contributed by atoms with Gasteiger partial charge in [-0.1, -0.05) is 12.1 Å². The number of hydrogen-bond donors (Lipinski definition) is 1. The van der Waals surface area contributed by atoms with Gasteiger partial charge in [0.25, 0.3) is 0 Å². The molecule has 4 rings (SSSR count). The predicted octanol–water partition coefficient (Wildman–Crippen LogP) is 3.64. The minimum Gasteiger partial charge on any atom is -0.472 e. The van der Waals surface area contributed by atoms with Gasteiger partial charge in [0.15, 0.2) is 5.69 Å². The van der Waals surface area contributed by atoms with Crippen LogP contribution in [0.1, 0.15) is 16.3 Å². The summed E-state index contributed by atoms with van der Waals surface area (Å²) >= 11 is 1.37. The standard InChI is InChI=1S/C16H11N3O3S/c20-16(13-9-23-15(19-13)10-5-6-21-7-10)22-8-14-17-11-3-1-2-4-12(11)18-14/h1-7,9H,8H2,(H,17,18). The maximum absolute atomic E-state index is 12.1. The zero-order chi connectivity index (χ0) is 15.6. The van der Waals surface area contributed by atoms with Crippen molar-refractivity contribution in [1.29, 1.82) is 0 Å². The Morgan fingerprint density at radius 2 is 2.17 bits per heavy atom. The lowest BCUT2D eigenvalue weighted by Gasteiger charge is -1.99. The van der Waals surface area contributed by atoms with Crippen molar-refractivity contribution in [2.45, 2.75) is 6.61 Å². The van der Waals surface area contributed by atoms with Crippen LogP contribution in [0.5, 0.6) is 0 Å². The van der Waals surface area contributed by atoms with Gasteiger partial charge in [-0.05, 0) is 18.2 Å². The molecule has 0 aliphatic carbocycles. The summed E-state index contributed by atoms with van der Waals surface area (Å²) in [4.78, 5) is 23.8. The van der Waals surface area contributed by atoms with Crippen LogP contribution in [0.2, 0.25) is 0 Å². The van der Waals surface area contributed by atoms with Crippen molar-refractivity contribution in [3.8, 4) is 10.6 Å². The lowest BCUT2D eigenvalue weighted by molar-refractivity contribution is 0.0457. The number of hydrogen-bond acceptors (Lipinski definition) is 6. The quantitative estimate of drug-likeness (QED) is 0.579. The van der Waals surface area contributed by atoms with Crippen molar-refractivity contribution >= 4 is 28.3 Å². The molecular formula is C16H11N3O3S. The van der Waals surface area contributed by atoms with E-state index < -0.39 is 5.97 Å². The minimum atomic E-state index is -0.476. The summed E-state index contributed by atoms with van der Waals surface area (Å²) < 4.78 is 10.3. The Morgan fingerprint density at radius 1 is 1.26 bits per heavy atom. The number of nitrogens with one attached hydrogen (secondary N) is 1. The fraction of sp³-hybridized carbons (Fsp3) is 0.0625. The second kappa shape index (κ2) is 5.69. The first kappa shape index (κ1) is 13.7. The summed E-state index contributed by atoms with van der Waals surface area (Å²) in [7, 11) is 0. The van der Waals surface area contributed by atoms with Gasteiger partial charge in [-0.25, -0.2) is 14.8 Å². The molecule has 1 N–H and O–H groups in total. The number of aromatic nitrogens is 3. The Hall–Kier alpha value is -2.93. The number of furan rings is 1. The summed E-state index contributed by atoms with van der Waals surface area (Å²) in [5, 5.41) is 2.39. The molecule has 0 fully saturated rings. The number of fused-ring (bicyclic) bond motifs is 1. The lowest BCUT2D eigenvalue weighted by atomic mass is 10.3. The van der Waals surface area contributed by atoms with Crippen LogP contribution in [0.15, 0.2) is 52.7 Å². The lowest BCUT2D eigenvalue weighted by Crippen LogP contribution is -2.06. The van der Waals surface area contributed by atoms with E-state index in [4.69, 9.17) is 9.15 Å². The van der Waals surface area contributed by atoms with Crippen molar-refractivity contribution < 1.29 is 13.9 Å². The van der Waals surface area contributed by atoms with Crippen LogP contribution in [0.25, 0.3) is 21.6 Å². The summed E-state index contributed by atoms with van der Waals surface area (Å²) in [5.74, 6) is 0.126. The molecule has 0 aliphatic heterocycles. The maximum Gasteiger partial charge on any atom is 0.358 e. The van der Waals surface area contributed by atoms with Crippen LogP contribution in [0.4, 0.5) is 0 Å². The predicted molar refractivity (Wildman–Crippen MR) is 85.0 cm³/mol. The van der Waals surface area contributed by atoms with Gasteiger partial charge in [0.2, 0.25) is 0 Å². The van der Waals surface area contributed by atoms with E-state index in [1.165, 1.54) is 11.3 Å². The zero-order valence-corrected chi connectivity index (χ0v) is 12.7. The Balaban J connectivity index is 1.45. The molecule has 3 aromatic heterocycles. The number of benzene rings is 1. The second-order valence-corrected chi connectivity index (χ2v) is 5.68. The van der Waals surface area contributed by atoms with Crippen molar-refractivity contribution in [3.05, 3.63) is 59.8 Å². The number of nitrogens with zero attached hydrogens (tertiary/aromatic N) is 2. The first-order chi connectivity index (χ1) is 11.3. The number of carbonyl (C=O) groups excluding carboxylic acids is 1. The molecule has 0 unspecified atom stereocenters. The maximum atomic E-state index is 12.1. The molecule has 3 heterocycles. The number of imidazole rings is 1. The smallest absolute Gasteiger partial charge is 0.358 e. The highest BCUT2D eigenvalue weighted by Gasteiger charge is 2.14. The normalized spacial score (nSPS) is 11.0. The van der Waals surface area contributed by atoms with Gasteiger partial charge in [-0.3, -0.25) is 0 Å². The Kier molecular flexibility index (Phi) is 3.39. The Bertz CT molecular complexity index is 923. The van der Waals surface area contributed by atoms with E-state index in [0.29, 0.717) is 5.82 Å². The summed E-state index contributed by atoms with van der Waals surface area (Å²) in [6.07, 6.45) is 3.15. The van der Waals surface area contributed by atoms with E-state index in [-0.39, 0.29) is 12.3 Å². The second-order valence-electron chi connectivity index (χ2n) is 4.83. The minimum absolute atomic E-state index is 0.0755. The van der Waals surface area contributed by atoms with Gasteiger partial charge in [0.05, 0.1) is 17.3 Å². The molecule has 7 heteroatoms. The fourth-order valence-electron chi connectivity index (χ4n) is 2.17. The SMILES string of the molecule is O=C(OCc1nc2ccccc2[nH]1)c1csc(-c2ccoc2)n1. The highest BCUT2D eigenvalue weighted by molar-refractivity contribution is 7.13. The fourth-order valence-corrected chi connectivity index (χ4v) is 2.94. The van der Waals surface area contributed by atoms with Crippen LogP contribution in [-0.4, -0.2) is 20.9 Å². The van der Waals surface area contributed by atoms with Crippen molar-refractivity contribution in [2.24, 2.45) is 0 Å². The summed E-state index contributed by atoms with van der Waals surface area (Å²) in [6.45, 7) is 0.0755. The van der Waals surface area contributed by atoms with Gasteiger partial charge in [0.1, 0.15) is 23.7 Å². The van der Waals surface area contributed by atoms with Crippen LogP contribution in [0, 0.1) is 0 Å². The summed E-state index contributed by atoms with van der Waals surface area (Å²) in [5.41, 5.74) is 2.87. The first-order valence-electron chi connectivity index (χ1n) is 6.88. The molecule has 0 spiro atoms. The third-order valence-electron chi connectivity index (χ3n) is 3.26. The third-order valence-corrected chi connectivity index (χ3v) is 4.15. The summed E-state index contributed by atoms with van der Waals surface area (Å²) in [6, 6.07) is 9.44. The van der Waals surface area contributed by atoms with Crippen LogP contribution in [-0.2, 0) is 11.3 Å². The topological polar surface area (TPSA) is 81.0 Å². The molecule has 6 nitrogen and oxygen atoms in total.